The number of imidazole rings is 2. The Morgan fingerprint density at radius 3 is 1.26 bits per heavy atom. The smallest absolute Gasteiger partial charge is 0.317 e. The van der Waals surface area contributed by atoms with Crippen molar-refractivity contribution in [2.75, 3.05) is 125 Å². The van der Waals surface area contributed by atoms with E-state index in [1.54, 1.807) is 111 Å². The van der Waals surface area contributed by atoms with Crippen LogP contribution in [0, 0.1) is 0 Å². The van der Waals surface area contributed by atoms with E-state index < -0.39 is 67.1 Å². The third kappa shape index (κ3) is 25.0. The quantitative estimate of drug-likeness (QED) is 0.0178. The van der Waals surface area contributed by atoms with Gasteiger partial charge in [0.25, 0.3) is 29.5 Å². The molecule has 0 aliphatic carbocycles. The molecule has 37 nitrogen and oxygen atoms in total. The van der Waals surface area contributed by atoms with Crippen LogP contribution in [0.2, 0.25) is 0 Å². The average Bonchev–Trinajstić information content (AvgIpc) is 1.68. The van der Waals surface area contributed by atoms with E-state index in [0.717, 1.165) is 4.90 Å². The maximum absolute atomic E-state index is 13.1. The SMILES string of the molecule is CC(=O)Nc1cc(C(=O)Nc2cc(C(=O)Nc3cc(C(=O)NCCCC(=O)Nc4cn(C)c(C(C)=O)n4)n(C)c3)n(C)c2)n(C)c1.CNc1cn(C)c(C(=O)Nc2cc(C(=O)NCC(=O)NCCCN(C)CCCNC(=O)CN(CCN(CC(=O)O)CC(=O)O)CC(=O)O)n(C)c2)n1. The van der Waals surface area contributed by atoms with Crippen molar-refractivity contribution in [1.29, 1.82) is 0 Å². The van der Waals surface area contributed by atoms with Crippen molar-refractivity contribution in [3.8, 4) is 0 Å². The molecule has 6 heterocycles. The number of carboxylic acids is 3. The number of hydrogen-bond donors (Lipinski definition) is 13. The number of anilines is 6. The minimum absolute atomic E-state index is 0.0211. The van der Waals surface area contributed by atoms with Gasteiger partial charge in [-0.1, -0.05) is 0 Å². The fourth-order valence-electron chi connectivity index (χ4n) is 9.74. The zero-order chi connectivity index (χ0) is 72.5. The number of rotatable bonds is 37. The lowest BCUT2D eigenvalue weighted by Gasteiger charge is -2.24. The highest BCUT2D eigenvalue weighted by molar-refractivity contribution is 6.08. The minimum atomic E-state index is -1.23. The molecule has 0 fully saturated rings. The Morgan fingerprint density at radius 2 is 0.816 bits per heavy atom. The van der Waals surface area contributed by atoms with E-state index >= 15 is 0 Å². The zero-order valence-electron chi connectivity index (χ0n) is 56.2. The molecule has 0 saturated carbocycles. The Kier molecular flexibility index (Phi) is 29.2. The molecule has 0 radical (unpaired) electrons. The molecule has 0 aromatic carbocycles. The van der Waals surface area contributed by atoms with E-state index in [2.05, 4.69) is 63.1 Å². The molecule has 0 aliphatic heterocycles. The number of aryl methyl sites for hydroxylation is 6. The topological polar surface area (TPSA) is 468 Å². The number of nitrogens with one attached hydrogen (secondary N) is 10. The maximum atomic E-state index is 13.1. The second-order valence-corrected chi connectivity index (χ2v) is 22.8. The number of ketones is 1. The van der Waals surface area contributed by atoms with Crippen LogP contribution in [0.1, 0.15) is 103 Å². The van der Waals surface area contributed by atoms with Crippen molar-refractivity contribution >= 4 is 111 Å². The third-order valence-electron chi connectivity index (χ3n) is 14.4. The third-order valence-corrected chi connectivity index (χ3v) is 14.4. The molecule has 0 spiro atoms. The number of nitrogens with zero attached hydrogens (tertiary/aromatic N) is 11. The van der Waals surface area contributed by atoms with Crippen LogP contribution in [0.5, 0.6) is 0 Å². The summed E-state index contributed by atoms with van der Waals surface area (Å²) in [6.45, 7) is 2.83. The van der Waals surface area contributed by atoms with Crippen molar-refractivity contribution in [2.45, 2.75) is 39.5 Å². The van der Waals surface area contributed by atoms with Crippen LogP contribution < -0.4 is 53.2 Å². The molecular formula is C61H85N21O16. The van der Waals surface area contributed by atoms with E-state index in [0.29, 0.717) is 85.4 Å². The number of aromatic nitrogens is 8. The molecule has 98 heavy (non-hydrogen) atoms. The van der Waals surface area contributed by atoms with Gasteiger partial charge in [-0.05, 0) is 63.7 Å². The van der Waals surface area contributed by atoms with E-state index in [1.807, 2.05) is 11.9 Å². The van der Waals surface area contributed by atoms with Gasteiger partial charge in [-0.2, -0.15) is 0 Å². The summed E-state index contributed by atoms with van der Waals surface area (Å²) in [4.78, 5) is 170. The summed E-state index contributed by atoms with van der Waals surface area (Å²) in [5.41, 5.74) is 2.76. The Balaban J connectivity index is 0.000000356. The van der Waals surface area contributed by atoms with Gasteiger partial charge in [0.05, 0.1) is 55.5 Å². The maximum Gasteiger partial charge on any atom is 0.317 e. The lowest BCUT2D eigenvalue weighted by molar-refractivity contribution is -0.143. The van der Waals surface area contributed by atoms with Gasteiger partial charge < -0.3 is 101 Å². The molecule has 530 valence electrons. The first-order valence-corrected chi connectivity index (χ1v) is 30.6. The Morgan fingerprint density at radius 1 is 0.418 bits per heavy atom. The normalized spacial score (nSPS) is 10.9. The van der Waals surface area contributed by atoms with Crippen LogP contribution in [0.25, 0.3) is 0 Å². The van der Waals surface area contributed by atoms with E-state index in [1.165, 1.54) is 46.1 Å². The minimum Gasteiger partial charge on any atom is -0.480 e. The summed E-state index contributed by atoms with van der Waals surface area (Å²) in [6.07, 6.45) is 11.3. The number of carboxylic acid groups (broad SMARTS) is 3. The molecule has 9 amide bonds. The van der Waals surface area contributed by atoms with Crippen molar-refractivity contribution < 1.29 is 77.6 Å². The number of carbonyl (C=O) groups excluding carboxylic acids is 10. The zero-order valence-corrected chi connectivity index (χ0v) is 56.2. The number of amides is 9. The monoisotopic (exact) mass is 1370 g/mol. The van der Waals surface area contributed by atoms with Gasteiger partial charge in [-0.15, -0.1) is 0 Å². The second kappa shape index (κ2) is 37.0. The van der Waals surface area contributed by atoms with Gasteiger partial charge in [-0.3, -0.25) is 72.1 Å². The molecule has 6 rings (SSSR count). The van der Waals surface area contributed by atoms with Gasteiger partial charge in [0.1, 0.15) is 28.6 Å². The van der Waals surface area contributed by atoms with Crippen molar-refractivity contribution in [2.24, 2.45) is 42.3 Å². The summed E-state index contributed by atoms with van der Waals surface area (Å²) in [6, 6.07) is 6.09. The van der Waals surface area contributed by atoms with Gasteiger partial charge >= 0.3 is 17.9 Å². The first-order chi connectivity index (χ1) is 46.3. The number of aliphatic carboxylic acids is 3. The molecule has 6 aromatic rings. The van der Waals surface area contributed by atoms with Crippen LogP contribution in [-0.2, 0) is 75.8 Å². The molecule has 0 aliphatic rings. The van der Waals surface area contributed by atoms with Crippen molar-refractivity contribution in [3.05, 3.63) is 95.9 Å². The molecule has 0 unspecified atom stereocenters. The summed E-state index contributed by atoms with van der Waals surface area (Å²) in [5, 5.41) is 54.3. The fraction of sp³-hybridized carbons (Fsp3) is 0.426. The molecule has 6 aromatic heterocycles. The van der Waals surface area contributed by atoms with Crippen LogP contribution in [0.3, 0.4) is 0 Å². The summed E-state index contributed by atoms with van der Waals surface area (Å²) >= 11 is 0. The number of Topliss-reactive ketones (excluding diaryl/α,β-unsaturated/α-hetero) is 1. The molecule has 37 heteroatoms. The van der Waals surface area contributed by atoms with Gasteiger partial charge in [0.2, 0.25) is 29.5 Å². The largest absolute Gasteiger partial charge is 0.480 e. The predicted octanol–water partition coefficient (Wildman–Crippen LogP) is -0.166. The summed E-state index contributed by atoms with van der Waals surface area (Å²) in [5.74, 6) is -6.18. The highest BCUT2D eigenvalue weighted by Crippen LogP contribution is 2.21. The van der Waals surface area contributed by atoms with Crippen LogP contribution in [0.15, 0.2) is 61.4 Å². The first kappa shape index (κ1) is 77.2. The highest BCUT2D eigenvalue weighted by Gasteiger charge is 2.23. The van der Waals surface area contributed by atoms with Crippen molar-refractivity contribution in [1.82, 2.24) is 73.3 Å². The Hall–Kier alpha value is -11.5. The lowest BCUT2D eigenvalue weighted by Crippen LogP contribution is -2.45. The number of hydrogen-bond acceptors (Lipinski definition) is 19. The summed E-state index contributed by atoms with van der Waals surface area (Å²) < 4.78 is 9.33. The van der Waals surface area contributed by atoms with E-state index in [4.69, 9.17) is 10.2 Å². The summed E-state index contributed by atoms with van der Waals surface area (Å²) in [7, 11) is 13.6. The van der Waals surface area contributed by atoms with Gasteiger partial charge in [0, 0.05) is 140 Å². The molecule has 0 atom stereocenters. The average molecular weight is 1370 g/mol. The predicted molar refractivity (Wildman–Crippen MR) is 357 cm³/mol. The fourth-order valence-corrected chi connectivity index (χ4v) is 9.74. The molecule has 0 bridgehead atoms. The number of carbonyl (C=O) groups is 13. The van der Waals surface area contributed by atoms with Crippen LogP contribution >= 0.6 is 0 Å². The van der Waals surface area contributed by atoms with Crippen LogP contribution in [-0.4, -0.2) is 237 Å². The van der Waals surface area contributed by atoms with E-state index in [-0.39, 0.29) is 97.4 Å². The standard InChI is InChI=1S/C31H49N11O10.C30H36N10O6/c1-32-23-16-40(4)29(37-23)31(52)36-21-13-22(39(3)15-21)30(51)35-14-24(43)33-7-5-9-38(2)10-6-8-34-25(44)17-41(18-26(45)46)11-12-42(19-27(47)48)20-28(49)50;1-17(41)27-36-25(16-40(27)6)35-26(43)8-7-9-31-28(44)22-11-20(14-37(22)3)33-30(46)24-12-21(15-39(24)5)34-29(45)23-10-19(13-38(23)4)32-18(2)42/h13,15-16,32H,5-12,14,17-20H2,1-4H3,(H,33,43)(H,34,44)(H,35,51)(H,36,52)(H,45,46)(H,47,48)(H,49,50);10-16H,7-9H2,1-6H3,(H,31,44)(H,32,42)(H,33,46)(H,34,45)(H,35,43). The highest BCUT2D eigenvalue weighted by atomic mass is 16.4. The van der Waals surface area contributed by atoms with Crippen LogP contribution in [0.4, 0.5) is 34.4 Å². The second-order valence-electron chi connectivity index (χ2n) is 22.8. The van der Waals surface area contributed by atoms with Gasteiger partial charge in [0.15, 0.2) is 17.4 Å². The van der Waals surface area contributed by atoms with Crippen molar-refractivity contribution in [3.63, 3.8) is 0 Å². The van der Waals surface area contributed by atoms with Gasteiger partial charge in [-0.25, -0.2) is 9.97 Å². The Bertz CT molecular complexity index is 3870. The molecular weight excluding hydrogens is 1280 g/mol. The lowest BCUT2D eigenvalue weighted by atomic mass is 10.3. The molecule has 0 saturated heterocycles. The first-order valence-electron chi connectivity index (χ1n) is 30.6. The Labute approximate surface area is 562 Å². The molecule has 13 N–H and O–H groups in total. The van der Waals surface area contributed by atoms with E-state index in [9.17, 15) is 67.4 Å².